The maximum absolute atomic E-state index is 11.7. The van der Waals surface area contributed by atoms with Crippen LogP contribution >= 0.6 is 0 Å². The summed E-state index contributed by atoms with van der Waals surface area (Å²) in [7, 11) is 3.22. The van der Waals surface area contributed by atoms with Gasteiger partial charge in [-0.1, -0.05) is 12.1 Å². The van der Waals surface area contributed by atoms with Crippen LogP contribution in [0, 0.1) is 0 Å². The maximum Gasteiger partial charge on any atom is 0.222 e. The summed E-state index contributed by atoms with van der Waals surface area (Å²) in [4.78, 5) is 18.3. The van der Waals surface area contributed by atoms with Crippen molar-refractivity contribution in [2.45, 2.75) is 24.9 Å². The number of fused-ring (bicyclic) bond motifs is 1. The van der Waals surface area contributed by atoms with Crippen molar-refractivity contribution in [2.75, 3.05) is 32.1 Å². The number of methoxy groups -OCH3 is 1. The summed E-state index contributed by atoms with van der Waals surface area (Å²) in [6, 6.07) is 7.78. The van der Waals surface area contributed by atoms with Crippen molar-refractivity contribution in [1.29, 1.82) is 0 Å². The molecule has 24 heavy (non-hydrogen) atoms. The lowest BCUT2D eigenvalue weighted by Gasteiger charge is -2.40. The van der Waals surface area contributed by atoms with Crippen LogP contribution in [0.15, 0.2) is 30.5 Å². The molecular formula is C18H23N3O3. The Hall–Kier alpha value is -2.34. The number of piperidine rings is 1. The molecule has 0 aliphatic carbocycles. The molecule has 2 N–H and O–H groups in total. The SMILES string of the molecule is CNC(=O)CC1(O)CCCN(c2ccnc3c(OC)cccc23)C1. The fraction of sp³-hybridized carbons (Fsp3) is 0.444. The lowest BCUT2D eigenvalue weighted by atomic mass is 9.88. The second kappa shape index (κ2) is 6.65. The highest BCUT2D eigenvalue weighted by molar-refractivity contribution is 5.95. The van der Waals surface area contributed by atoms with Crippen LogP contribution in [0.5, 0.6) is 5.75 Å². The Morgan fingerprint density at radius 3 is 3.04 bits per heavy atom. The number of para-hydroxylation sites is 1. The van der Waals surface area contributed by atoms with Crippen LogP contribution in [-0.2, 0) is 4.79 Å². The molecule has 1 unspecified atom stereocenters. The standard InChI is InChI=1S/C18H23N3O3/c1-19-16(22)11-18(23)8-4-10-21(12-18)14-7-9-20-17-13(14)5-3-6-15(17)24-2/h3,5-7,9,23H,4,8,10-12H2,1-2H3,(H,19,22). The number of ether oxygens (including phenoxy) is 1. The largest absolute Gasteiger partial charge is 0.494 e. The minimum absolute atomic E-state index is 0.117. The topological polar surface area (TPSA) is 74.7 Å². The normalized spacial score (nSPS) is 20.9. The third kappa shape index (κ3) is 3.14. The van der Waals surface area contributed by atoms with E-state index >= 15 is 0 Å². The van der Waals surface area contributed by atoms with Crippen LogP contribution in [0.4, 0.5) is 5.69 Å². The molecule has 1 saturated heterocycles. The molecule has 2 heterocycles. The number of hydrogen-bond donors (Lipinski definition) is 2. The molecule has 2 aromatic rings. The van der Waals surface area contributed by atoms with E-state index in [0.29, 0.717) is 13.0 Å². The third-order valence-corrected chi connectivity index (χ3v) is 4.60. The molecule has 6 heteroatoms. The van der Waals surface area contributed by atoms with Gasteiger partial charge in [0, 0.05) is 37.4 Å². The van der Waals surface area contributed by atoms with Crippen molar-refractivity contribution >= 4 is 22.5 Å². The molecule has 0 spiro atoms. The van der Waals surface area contributed by atoms with Crippen LogP contribution in [0.1, 0.15) is 19.3 Å². The number of rotatable bonds is 4. The minimum atomic E-state index is -1.01. The molecule has 3 rings (SSSR count). The van der Waals surface area contributed by atoms with Gasteiger partial charge in [-0.05, 0) is 25.0 Å². The number of nitrogens with zero attached hydrogens (tertiary/aromatic N) is 2. The first kappa shape index (κ1) is 16.5. The Morgan fingerprint density at radius 2 is 2.29 bits per heavy atom. The van der Waals surface area contributed by atoms with Gasteiger partial charge in [-0.25, -0.2) is 0 Å². The first-order valence-electron chi connectivity index (χ1n) is 8.16. The summed E-state index contributed by atoms with van der Waals surface area (Å²) in [6.07, 6.45) is 3.34. The van der Waals surface area contributed by atoms with Crippen LogP contribution < -0.4 is 15.0 Å². The van der Waals surface area contributed by atoms with Crippen molar-refractivity contribution in [2.24, 2.45) is 0 Å². The van der Waals surface area contributed by atoms with Gasteiger partial charge in [0.05, 0.1) is 19.1 Å². The minimum Gasteiger partial charge on any atom is -0.494 e. The summed E-state index contributed by atoms with van der Waals surface area (Å²) < 4.78 is 5.39. The highest BCUT2D eigenvalue weighted by Gasteiger charge is 2.35. The number of carbonyl (C=O) groups excluding carboxylic acids is 1. The number of hydrogen-bond acceptors (Lipinski definition) is 5. The summed E-state index contributed by atoms with van der Waals surface area (Å²) in [5.74, 6) is 0.590. The summed E-state index contributed by atoms with van der Waals surface area (Å²) in [6.45, 7) is 1.27. The first-order valence-corrected chi connectivity index (χ1v) is 8.16. The van der Waals surface area contributed by atoms with E-state index in [4.69, 9.17) is 4.74 Å². The molecule has 1 aliphatic rings. The number of carbonyl (C=O) groups is 1. The molecular weight excluding hydrogens is 306 g/mol. The quantitative estimate of drug-likeness (QED) is 0.893. The number of nitrogens with one attached hydrogen (secondary N) is 1. The monoisotopic (exact) mass is 329 g/mol. The highest BCUT2D eigenvalue weighted by atomic mass is 16.5. The highest BCUT2D eigenvalue weighted by Crippen LogP contribution is 2.34. The number of aliphatic hydroxyl groups is 1. The number of benzene rings is 1. The van der Waals surface area contributed by atoms with Crippen molar-refractivity contribution in [3.05, 3.63) is 30.5 Å². The Balaban J connectivity index is 1.94. The van der Waals surface area contributed by atoms with Gasteiger partial charge in [0.2, 0.25) is 5.91 Å². The average molecular weight is 329 g/mol. The summed E-state index contributed by atoms with van der Waals surface area (Å²) in [5, 5.41) is 14.4. The van der Waals surface area contributed by atoms with Crippen LogP contribution in [0.3, 0.4) is 0 Å². The Labute approximate surface area is 141 Å². The van der Waals surface area contributed by atoms with Crippen molar-refractivity contribution in [1.82, 2.24) is 10.3 Å². The van der Waals surface area contributed by atoms with Gasteiger partial charge in [-0.3, -0.25) is 9.78 Å². The molecule has 0 radical (unpaired) electrons. The van der Waals surface area contributed by atoms with E-state index in [1.165, 1.54) is 0 Å². The molecule has 0 saturated carbocycles. The van der Waals surface area contributed by atoms with Crippen LogP contribution in [0.2, 0.25) is 0 Å². The number of β-amino-alcohol motifs (C(OH)–C–C–N with tert-alkyl or cyclic N) is 1. The van der Waals surface area contributed by atoms with E-state index in [-0.39, 0.29) is 12.3 Å². The Bertz CT molecular complexity index is 749. The predicted molar refractivity (Wildman–Crippen MR) is 93.4 cm³/mol. The van der Waals surface area contributed by atoms with Crippen molar-refractivity contribution < 1.29 is 14.6 Å². The maximum atomic E-state index is 11.7. The van der Waals surface area contributed by atoms with E-state index in [2.05, 4.69) is 15.2 Å². The molecule has 6 nitrogen and oxygen atoms in total. The molecule has 1 aliphatic heterocycles. The van der Waals surface area contributed by atoms with E-state index in [1.54, 1.807) is 20.4 Å². The smallest absolute Gasteiger partial charge is 0.222 e. The van der Waals surface area contributed by atoms with Crippen molar-refractivity contribution in [3.63, 3.8) is 0 Å². The zero-order valence-electron chi connectivity index (χ0n) is 14.1. The van der Waals surface area contributed by atoms with E-state index in [9.17, 15) is 9.90 Å². The predicted octanol–water partition coefficient (Wildman–Crippen LogP) is 1.71. The molecule has 1 aromatic carbocycles. The second-order valence-corrected chi connectivity index (χ2v) is 6.29. The van der Waals surface area contributed by atoms with Gasteiger partial charge in [0.25, 0.3) is 0 Å². The summed E-state index contributed by atoms with van der Waals surface area (Å²) >= 11 is 0. The molecule has 1 amide bonds. The first-order chi connectivity index (χ1) is 11.6. The zero-order valence-corrected chi connectivity index (χ0v) is 14.1. The molecule has 0 bridgehead atoms. The average Bonchev–Trinajstić information content (AvgIpc) is 2.60. The molecule has 1 fully saturated rings. The lowest BCUT2D eigenvalue weighted by Crippen LogP contribution is -2.50. The molecule has 1 atom stereocenters. The van der Waals surface area contributed by atoms with Gasteiger partial charge < -0.3 is 20.1 Å². The van der Waals surface area contributed by atoms with Crippen molar-refractivity contribution in [3.8, 4) is 5.75 Å². The summed E-state index contributed by atoms with van der Waals surface area (Å²) in [5.41, 5.74) is 0.805. The van der Waals surface area contributed by atoms with Crippen LogP contribution in [0.25, 0.3) is 10.9 Å². The van der Waals surface area contributed by atoms with E-state index in [0.717, 1.165) is 35.3 Å². The fourth-order valence-corrected chi connectivity index (χ4v) is 3.42. The zero-order chi connectivity index (χ0) is 17.2. The number of pyridine rings is 1. The third-order valence-electron chi connectivity index (χ3n) is 4.60. The Morgan fingerprint density at radius 1 is 1.46 bits per heavy atom. The number of anilines is 1. The molecule has 128 valence electrons. The fourth-order valence-electron chi connectivity index (χ4n) is 3.42. The van der Waals surface area contributed by atoms with Gasteiger partial charge in [-0.2, -0.15) is 0 Å². The van der Waals surface area contributed by atoms with Gasteiger partial charge in [0.1, 0.15) is 11.3 Å². The van der Waals surface area contributed by atoms with E-state index in [1.807, 2.05) is 24.3 Å². The number of aromatic nitrogens is 1. The van der Waals surface area contributed by atoms with Gasteiger partial charge in [-0.15, -0.1) is 0 Å². The number of amides is 1. The van der Waals surface area contributed by atoms with Gasteiger partial charge >= 0.3 is 0 Å². The lowest BCUT2D eigenvalue weighted by molar-refractivity contribution is -0.125. The van der Waals surface area contributed by atoms with Crippen LogP contribution in [-0.4, -0.2) is 48.8 Å². The molecule has 1 aromatic heterocycles. The second-order valence-electron chi connectivity index (χ2n) is 6.29. The van der Waals surface area contributed by atoms with Gasteiger partial charge in [0.15, 0.2) is 0 Å². The van der Waals surface area contributed by atoms with E-state index < -0.39 is 5.60 Å². The Kier molecular flexibility index (Phi) is 4.57.